The summed E-state index contributed by atoms with van der Waals surface area (Å²) in [5.74, 6) is -2.49. The molecule has 1 amide bonds. The van der Waals surface area contributed by atoms with E-state index in [1.54, 1.807) is 0 Å². The highest BCUT2D eigenvalue weighted by Gasteiger charge is 2.70. The molecule has 2 aliphatic carbocycles. The van der Waals surface area contributed by atoms with Crippen molar-refractivity contribution in [3.8, 4) is 0 Å². The molecule has 0 aromatic heterocycles. The number of amides is 1. The first-order chi connectivity index (χ1) is 10.0. The number of carbonyl (C=O) groups excluding carboxylic acids is 1. The van der Waals surface area contributed by atoms with Gasteiger partial charge in [0.15, 0.2) is 0 Å². The fourth-order valence-corrected chi connectivity index (χ4v) is 3.15. The molecule has 3 rings (SSSR count). The van der Waals surface area contributed by atoms with Crippen LogP contribution in [0.3, 0.4) is 0 Å². The predicted molar refractivity (Wildman–Crippen MR) is 74.0 cm³/mol. The van der Waals surface area contributed by atoms with Crippen molar-refractivity contribution in [1.29, 1.82) is 0 Å². The minimum atomic E-state index is -2.49. The van der Waals surface area contributed by atoms with Crippen LogP contribution in [-0.4, -0.2) is 18.1 Å². The lowest BCUT2D eigenvalue weighted by molar-refractivity contribution is 0.0125. The smallest absolute Gasteiger partial charge is 0.407 e. The zero-order valence-electron chi connectivity index (χ0n) is 11.8. The second-order valence-electron chi connectivity index (χ2n) is 6.11. The summed E-state index contributed by atoms with van der Waals surface area (Å²) >= 11 is 0. The van der Waals surface area contributed by atoms with E-state index in [0.717, 1.165) is 5.56 Å². The lowest BCUT2D eigenvalue weighted by Crippen LogP contribution is -2.32. The first-order valence-corrected chi connectivity index (χ1v) is 7.37. The molecule has 0 unspecified atom stereocenters. The topological polar surface area (TPSA) is 38.3 Å². The number of rotatable bonds is 3. The number of alkyl carbamates (subject to hydrolysis) is 1. The molecule has 1 aromatic rings. The number of carbonyl (C=O) groups is 1. The van der Waals surface area contributed by atoms with Crippen LogP contribution in [0.15, 0.2) is 30.3 Å². The van der Waals surface area contributed by atoms with E-state index in [2.05, 4.69) is 5.32 Å². The molecule has 0 radical (unpaired) electrons. The monoisotopic (exact) mass is 295 g/mol. The van der Waals surface area contributed by atoms with Crippen molar-refractivity contribution in [2.75, 3.05) is 0 Å². The van der Waals surface area contributed by atoms with Crippen molar-refractivity contribution >= 4 is 6.09 Å². The lowest BCUT2D eigenvalue weighted by atomic mass is 9.84. The maximum atomic E-state index is 13.3. The molecule has 3 nitrogen and oxygen atoms in total. The molecular weight excluding hydrogens is 276 g/mol. The van der Waals surface area contributed by atoms with Gasteiger partial charge in [-0.15, -0.1) is 0 Å². The summed E-state index contributed by atoms with van der Waals surface area (Å²) < 4.78 is 31.8. The van der Waals surface area contributed by atoms with Crippen molar-refractivity contribution in [2.45, 2.75) is 50.7 Å². The van der Waals surface area contributed by atoms with Crippen LogP contribution in [0.1, 0.15) is 37.7 Å². The van der Waals surface area contributed by atoms with Crippen molar-refractivity contribution in [2.24, 2.45) is 5.41 Å². The fourth-order valence-electron chi connectivity index (χ4n) is 3.15. The van der Waals surface area contributed by atoms with Gasteiger partial charge in [0.05, 0.1) is 0 Å². The number of hydrogen-bond donors (Lipinski definition) is 1. The van der Waals surface area contributed by atoms with E-state index in [4.69, 9.17) is 4.74 Å². The van der Waals surface area contributed by atoms with E-state index in [1.165, 1.54) is 0 Å². The average molecular weight is 295 g/mol. The summed E-state index contributed by atoms with van der Waals surface area (Å²) in [6, 6.07) is 9.55. The van der Waals surface area contributed by atoms with Crippen molar-refractivity contribution in [1.82, 2.24) is 5.32 Å². The summed E-state index contributed by atoms with van der Waals surface area (Å²) in [7, 11) is 0. The Labute approximate surface area is 122 Å². The van der Waals surface area contributed by atoms with Crippen LogP contribution in [0, 0.1) is 5.41 Å². The Morgan fingerprint density at radius 3 is 2.43 bits per heavy atom. The van der Waals surface area contributed by atoms with Gasteiger partial charge in [-0.2, -0.15) is 0 Å². The molecule has 2 saturated carbocycles. The van der Waals surface area contributed by atoms with Crippen LogP contribution in [0.5, 0.6) is 0 Å². The van der Waals surface area contributed by atoms with Crippen LogP contribution in [-0.2, 0) is 11.3 Å². The Morgan fingerprint density at radius 2 is 1.86 bits per heavy atom. The van der Waals surface area contributed by atoms with Gasteiger partial charge in [0.25, 0.3) is 5.92 Å². The van der Waals surface area contributed by atoms with Gasteiger partial charge >= 0.3 is 6.09 Å². The first kappa shape index (κ1) is 14.3. The fraction of sp³-hybridized carbons (Fsp3) is 0.562. The van der Waals surface area contributed by atoms with Crippen LogP contribution in [0.4, 0.5) is 13.6 Å². The molecule has 114 valence electrons. The lowest BCUT2D eigenvalue weighted by Gasteiger charge is -2.28. The zero-order chi connectivity index (χ0) is 14.9. The molecule has 1 aromatic carbocycles. The number of ether oxygens (including phenoxy) is 1. The molecule has 0 aliphatic heterocycles. The highest BCUT2D eigenvalue weighted by Crippen LogP contribution is 2.67. The summed E-state index contributed by atoms with van der Waals surface area (Å²) in [6.07, 6.45) is 1.29. The van der Waals surface area contributed by atoms with Gasteiger partial charge in [-0.1, -0.05) is 30.3 Å². The normalized spacial score (nSPS) is 29.9. The number of alkyl halides is 2. The van der Waals surface area contributed by atoms with Gasteiger partial charge in [0.2, 0.25) is 0 Å². The quantitative estimate of drug-likeness (QED) is 0.919. The molecule has 0 bridgehead atoms. The summed E-state index contributed by atoms with van der Waals surface area (Å²) in [5, 5.41) is 2.69. The maximum absolute atomic E-state index is 13.3. The Bertz CT molecular complexity index is 510. The molecule has 1 N–H and O–H groups in total. The molecule has 0 heterocycles. The SMILES string of the molecule is O=C(NCc1ccccc1)OC1CCC2(CC1)CC2(F)F. The third-order valence-corrected chi connectivity index (χ3v) is 4.65. The molecule has 2 fully saturated rings. The van der Waals surface area contributed by atoms with E-state index < -0.39 is 17.4 Å². The molecule has 1 spiro atoms. The van der Waals surface area contributed by atoms with Gasteiger partial charge in [0, 0.05) is 18.4 Å². The predicted octanol–water partition coefficient (Wildman–Crippen LogP) is 3.88. The third-order valence-electron chi connectivity index (χ3n) is 4.65. The van der Waals surface area contributed by atoms with Gasteiger partial charge in [-0.25, -0.2) is 13.6 Å². The maximum Gasteiger partial charge on any atom is 0.407 e. The Hall–Kier alpha value is -1.65. The largest absolute Gasteiger partial charge is 0.446 e. The number of hydrogen-bond acceptors (Lipinski definition) is 2. The van der Waals surface area contributed by atoms with Crippen molar-refractivity contribution in [3.63, 3.8) is 0 Å². The minimum absolute atomic E-state index is 0.00687. The van der Waals surface area contributed by atoms with Gasteiger partial charge < -0.3 is 10.1 Å². The highest BCUT2D eigenvalue weighted by molar-refractivity contribution is 5.67. The van der Waals surface area contributed by atoms with Crippen molar-refractivity contribution in [3.05, 3.63) is 35.9 Å². The molecule has 0 atom stereocenters. The number of benzene rings is 1. The van der Waals surface area contributed by atoms with Crippen LogP contribution >= 0.6 is 0 Å². The van der Waals surface area contributed by atoms with E-state index in [0.29, 0.717) is 32.2 Å². The van der Waals surface area contributed by atoms with Crippen LogP contribution in [0.2, 0.25) is 0 Å². The average Bonchev–Trinajstić information content (AvgIpc) is 3.01. The molecule has 0 saturated heterocycles. The Balaban J connectivity index is 1.40. The molecule has 5 heteroatoms. The van der Waals surface area contributed by atoms with Gasteiger partial charge in [-0.3, -0.25) is 0 Å². The van der Waals surface area contributed by atoms with Gasteiger partial charge in [-0.05, 0) is 31.2 Å². The summed E-state index contributed by atoms with van der Waals surface area (Å²) in [6.45, 7) is 0.411. The first-order valence-electron chi connectivity index (χ1n) is 7.37. The third kappa shape index (κ3) is 3.01. The molecule has 2 aliphatic rings. The Kier molecular flexibility index (Phi) is 3.59. The van der Waals surface area contributed by atoms with E-state index in [-0.39, 0.29) is 12.5 Å². The Morgan fingerprint density at radius 1 is 1.24 bits per heavy atom. The summed E-state index contributed by atoms with van der Waals surface area (Å²) in [5.41, 5.74) is 0.211. The number of nitrogens with one attached hydrogen (secondary N) is 1. The van der Waals surface area contributed by atoms with E-state index >= 15 is 0 Å². The minimum Gasteiger partial charge on any atom is -0.446 e. The zero-order valence-corrected chi connectivity index (χ0v) is 11.8. The second-order valence-corrected chi connectivity index (χ2v) is 6.11. The van der Waals surface area contributed by atoms with Crippen LogP contribution in [0.25, 0.3) is 0 Å². The molecule has 21 heavy (non-hydrogen) atoms. The number of halogens is 2. The van der Waals surface area contributed by atoms with Gasteiger partial charge in [0.1, 0.15) is 6.10 Å². The summed E-state index contributed by atoms with van der Waals surface area (Å²) in [4.78, 5) is 11.7. The van der Waals surface area contributed by atoms with E-state index in [1.807, 2.05) is 30.3 Å². The van der Waals surface area contributed by atoms with E-state index in [9.17, 15) is 13.6 Å². The standard InChI is InChI=1S/C16H19F2NO2/c17-16(18)11-15(16)8-6-13(7-9-15)21-14(20)19-10-12-4-2-1-3-5-12/h1-5,13H,6-11H2,(H,19,20). The highest BCUT2D eigenvalue weighted by atomic mass is 19.3. The second kappa shape index (κ2) is 5.28. The van der Waals surface area contributed by atoms with Crippen LogP contribution < -0.4 is 5.32 Å². The molecular formula is C16H19F2NO2. The van der Waals surface area contributed by atoms with Crippen molar-refractivity contribution < 1.29 is 18.3 Å².